The summed E-state index contributed by atoms with van der Waals surface area (Å²) in [5.41, 5.74) is 0.978. The molecule has 1 saturated carbocycles. The number of benzene rings is 1. The van der Waals surface area contributed by atoms with Crippen molar-refractivity contribution in [1.82, 2.24) is 10.2 Å². The zero-order valence-electron chi connectivity index (χ0n) is 13.1. The van der Waals surface area contributed by atoms with E-state index in [9.17, 15) is 4.79 Å². The molecule has 6 heteroatoms. The van der Waals surface area contributed by atoms with Crippen LogP contribution in [0.5, 0.6) is 0 Å². The number of anilines is 1. The molecule has 2 N–H and O–H groups in total. The number of nitrogens with zero attached hydrogens (tertiary/aromatic N) is 1. The van der Waals surface area contributed by atoms with Gasteiger partial charge >= 0.3 is 0 Å². The summed E-state index contributed by atoms with van der Waals surface area (Å²) in [5, 5.41) is 6.08. The van der Waals surface area contributed by atoms with E-state index in [1.165, 1.54) is 25.7 Å². The van der Waals surface area contributed by atoms with E-state index >= 15 is 0 Å². The van der Waals surface area contributed by atoms with Crippen LogP contribution in [-0.2, 0) is 4.79 Å². The van der Waals surface area contributed by atoms with Crippen molar-refractivity contribution in [3.63, 3.8) is 0 Å². The van der Waals surface area contributed by atoms with E-state index < -0.39 is 0 Å². The van der Waals surface area contributed by atoms with Gasteiger partial charge < -0.3 is 15.5 Å². The van der Waals surface area contributed by atoms with Gasteiger partial charge in [-0.3, -0.25) is 4.79 Å². The summed E-state index contributed by atoms with van der Waals surface area (Å²) in [4.78, 5) is 14.1. The maximum Gasteiger partial charge on any atom is 0.239 e. The smallest absolute Gasteiger partial charge is 0.239 e. The van der Waals surface area contributed by atoms with E-state index in [1.807, 2.05) is 30.3 Å². The number of hydrogen-bond acceptors (Lipinski definition) is 3. The van der Waals surface area contributed by atoms with Gasteiger partial charge in [-0.2, -0.15) is 0 Å². The molecule has 22 heavy (non-hydrogen) atoms. The lowest BCUT2D eigenvalue weighted by Crippen LogP contribution is -2.39. The summed E-state index contributed by atoms with van der Waals surface area (Å²) >= 11 is 0. The zero-order valence-corrected chi connectivity index (χ0v) is 14.7. The summed E-state index contributed by atoms with van der Waals surface area (Å²) in [6.45, 7) is 1.99. The van der Waals surface area contributed by atoms with Gasteiger partial charge in [0.2, 0.25) is 5.91 Å². The van der Waals surface area contributed by atoms with E-state index in [0.717, 1.165) is 18.8 Å². The van der Waals surface area contributed by atoms with Gasteiger partial charge in [-0.15, -0.1) is 24.8 Å². The molecule has 0 spiro atoms. The molecule has 2 rings (SSSR count). The number of hydrogen-bond donors (Lipinski definition) is 2. The van der Waals surface area contributed by atoms with Crippen molar-refractivity contribution in [2.75, 3.05) is 32.0 Å². The van der Waals surface area contributed by atoms with Gasteiger partial charge in [0, 0.05) is 24.8 Å². The Morgan fingerprint density at radius 1 is 1.18 bits per heavy atom. The third-order valence-electron chi connectivity index (χ3n) is 3.96. The highest BCUT2D eigenvalue weighted by Crippen LogP contribution is 2.21. The molecule has 0 saturated heterocycles. The molecule has 126 valence electrons. The molecule has 0 atom stereocenters. The highest BCUT2D eigenvalue weighted by Gasteiger charge is 2.18. The van der Waals surface area contributed by atoms with Crippen LogP contribution in [0.1, 0.15) is 25.7 Å². The van der Waals surface area contributed by atoms with Crippen LogP contribution in [-0.4, -0.2) is 43.5 Å². The monoisotopic (exact) mass is 347 g/mol. The van der Waals surface area contributed by atoms with Gasteiger partial charge in [-0.05, 0) is 32.0 Å². The molecule has 1 aromatic rings. The Kier molecular flexibility index (Phi) is 11.1. The Morgan fingerprint density at radius 2 is 1.82 bits per heavy atom. The predicted molar refractivity (Wildman–Crippen MR) is 97.3 cm³/mol. The predicted octanol–water partition coefficient (Wildman–Crippen LogP) is 2.93. The number of para-hydroxylation sites is 1. The topological polar surface area (TPSA) is 44.4 Å². The van der Waals surface area contributed by atoms with Gasteiger partial charge in [0.1, 0.15) is 0 Å². The highest BCUT2D eigenvalue weighted by atomic mass is 35.5. The van der Waals surface area contributed by atoms with E-state index in [2.05, 4.69) is 22.6 Å². The molecule has 4 nitrogen and oxygen atoms in total. The first-order valence-electron chi connectivity index (χ1n) is 7.51. The van der Waals surface area contributed by atoms with E-state index in [4.69, 9.17) is 0 Å². The fourth-order valence-corrected chi connectivity index (χ4v) is 2.70. The van der Waals surface area contributed by atoms with Crippen LogP contribution in [0, 0.1) is 0 Å². The lowest BCUT2D eigenvalue weighted by Gasteiger charge is -2.23. The van der Waals surface area contributed by atoms with Crippen molar-refractivity contribution in [2.24, 2.45) is 0 Å². The molecule has 0 aliphatic heterocycles. The maximum absolute atomic E-state index is 11.7. The third kappa shape index (κ3) is 7.34. The number of amides is 1. The Balaban J connectivity index is 0.00000220. The molecule has 1 aliphatic carbocycles. The lowest BCUT2D eigenvalue weighted by atomic mass is 10.2. The Labute approximate surface area is 145 Å². The first-order chi connectivity index (χ1) is 9.75. The fourth-order valence-electron chi connectivity index (χ4n) is 2.70. The van der Waals surface area contributed by atoms with Crippen LogP contribution < -0.4 is 10.6 Å². The van der Waals surface area contributed by atoms with Gasteiger partial charge in [-0.25, -0.2) is 0 Å². The second-order valence-electron chi connectivity index (χ2n) is 5.49. The SMILES string of the molecule is CN(CCNC(=O)CNc1ccccc1)C1CCCC1.Cl.Cl. The van der Waals surface area contributed by atoms with Crippen LogP contribution in [0.25, 0.3) is 0 Å². The largest absolute Gasteiger partial charge is 0.376 e. The van der Waals surface area contributed by atoms with Crippen LogP contribution in [0.4, 0.5) is 5.69 Å². The van der Waals surface area contributed by atoms with Crippen molar-refractivity contribution in [3.8, 4) is 0 Å². The van der Waals surface area contributed by atoms with Crippen molar-refractivity contribution >= 4 is 36.4 Å². The molecule has 1 amide bonds. The van der Waals surface area contributed by atoms with Gasteiger partial charge in [-0.1, -0.05) is 31.0 Å². The minimum Gasteiger partial charge on any atom is -0.376 e. The van der Waals surface area contributed by atoms with Crippen LogP contribution >= 0.6 is 24.8 Å². The van der Waals surface area contributed by atoms with Crippen LogP contribution in [0.2, 0.25) is 0 Å². The molecule has 1 aliphatic rings. The average Bonchev–Trinajstić information content (AvgIpc) is 3.00. The number of halogens is 2. The molecule has 0 heterocycles. The summed E-state index contributed by atoms with van der Waals surface area (Å²) in [7, 11) is 2.16. The highest BCUT2D eigenvalue weighted by molar-refractivity contribution is 5.85. The maximum atomic E-state index is 11.7. The van der Waals surface area contributed by atoms with Crippen molar-refractivity contribution in [2.45, 2.75) is 31.7 Å². The van der Waals surface area contributed by atoms with Crippen molar-refractivity contribution in [3.05, 3.63) is 30.3 Å². The quantitative estimate of drug-likeness (QED) is 0.796. The van der Waals surface area contributed by atoms with Gasteiger partial charge in [0.05, 0.1) is 6.54 Å². The Morgan fingerprint density at radius 3 is 2.45 bits per heavy atom. The number of carbonyl (C=O) groups is 1. The molecule has 1 fully saturated rings. The summed E-state index contributed by atoms with van der Waals surface area (Å²) in [5.74, 6) is 0.0497. The van der Waals surface area contributed by atoms with Gasteiger partial charge in [0.25, 0.3) is 0 Å². The summed E-state index contributed by atoms with van der Waals surface area (Å²) in [6.07, 6.45) is 5.31. The molecule has 0 bridgehead atoms. The van der Waals surface area contributed by atoms with Crippen molar-refractivity contribution < 1.29 is 4.79 Å². The molecule has 1 aromatic carbocycles. The Bertz CT molecular complexity index is 411. The van der Waals surface area contributed by atoms with E-state index in [1.54, 1.807) is 0 Å². The van der Waals surface area contributed by atoms with E-state index in [-0.39, 0.29) is 30.7 Å². The normalized spacial score (nSPS) is 14.1. The summed E-state index contributed by atoms with van der Waals surface area (Å²) < 4.78 is 0. The molecular formula is C16H27Cl2N3O. The molecule has 0 radical (unpaired) electrons. The Hall–Kier alpha value is -0.970. The van der Waals surface area contributed by atoms with Crippen molar-refractivity contribution in [1.29, 1.82) is 0 Å². The average molecular weight is 348 g/mol. The molecule has 0 unspecified atom stereocenters. The number of likely N-dealkylation sites (N-methyl/N-ethyl adjacent to an activating group) is 1. The zero-order chi connectivity index (χ0) is 14.2. The first kappa shape index (κ1) is 21.0. The van der Waals surface area contributed by atoms with Crippen LogP contribution in [0.3, 0.4) is 0 Å². The van der Waals surface area contributed by atoms with Gasteiger partial charge in [0.15, 0.2) is 0 Å². The standard InChI is InChI=1S/C16H25N3O.2ClH/c1-19(15-9-5-6-10-15)12-11-17-16(20)13-18-14-7-3-2-4-8-14;;/h2-4,7-8,15,18H,5-6,9-13H2,1H3,(H,17,20);2*1H. The number of nitrogens with one attached hydrogen (secondary N) is 2. The summed E-state index contributed by atoms with van der Waals surface area (Å²) in [6, 6.07) is 10.5. The van der Waals surface area contributed by atoms with Crippen LogP contribution in [0.15, 0.2) is 30.3 Å². The number of carbonyl (C=O) groups excluding carboxylic acids is 1. The minimum absolute atomic E-state index is 0. The number of rotatable bonds is 7. The lowest BCUT2D eigenvalue weighted by molar-refractivity contribution is -0.119. The first-order valence-corrected chi connectivity index (χ1v) is 7.51. The molecular weight excluding hydrogens is 321 g/mol. The minimum atomic E-state index is 0. The molecule has 0 aromatic heterocycles. The third-order valence-corrected chi connectivity index (χ3v) is 3.96. The second-order valence-corrected chi connectivity index (χ2v) is 5.49. The van der Waals surface area contributed by atoms with E-state index in [0.29, 0.717) is 12.6 Å². The fraction of sp³-hybridized carbons (Fsp3) is 0.562. The second kappa shape index (κ2) is 11.6.